The van der Waals surface area contributed by atoms with Crippen molar-refractivity contribution in [3.63, 3.8) is 0 Å². The third kappa shape index (κ3) is 4.99. The minimum absolute atomic E-state index is 0.768. The van der Waals surface area contributed by atoms with Crippen molar-refractivity contribution in [1.82, 2.24) is 5.32 Å². The predicted octanol–water partition coefficient (Wildman–Crippen LogP) is 3.88. The van der Waals surface area contributed by atoms with Gasteiger partial charge in [-0.15, -0.1) is 0 Å². The summed E-state index contributed by atoms with van der Waals surface area (Å²) in [5, 5.41) is 3.71. The zero-order chi connectivity index (χ0) is 10.2. The summed E-state index contributed by atoms with van der Waals surface area (Å²) in [5.41, 5.74) is 0. The SMILES string of the molecule is CCCCCCCC1CCCC(C)N1. The summed E-state index contributed by atoms with van der Waals surface area (Å²) < 4.78 is 0. The Morgan fingerprint density at radius 3 is 2.57 bits per heavy atom. The highest BCUT2D eigenvalue weighted by atomic mass is 15.0. The van der Waals surface area contributed by atoms with E-state index in [1.165, 1.54) is 57.8 Å². The van der Waals surface area contributed by atoms with Crippen LogP contribution in [0.25, 0.3) is 0 Å². The molecule has 1 N–H and O–H groups in total. The van der Waals surface area contributed by atoms with E-state index in [1.54, 1.807) is 0 Å². The van der Waals surface area contributed by atoms with Crippen molar-refractivity contribution in [1.29, 1.82) is 0 Å². The van der Waals surface area contributed by atoms with Crippen LogP contribution in [0, 0.1) is 0 Å². The second-order valence-electron chi connectivity index (χ2n) is 4.90. The van der Waals surface area contributed by atoms with Gasteiger partial charge in [-0.1, -0.05) is 45.4 Å². The first kappa shape index (κ1) is 12.0. The van der Waals surface area contributed by atoms with E-state index in [0.29, 0.717) is 0 Å². The highest BCUT2D eigenvalue weighted by Crippen LogP contribution is 2.17. The van der Waals surface area contributed by atoms with Crippen LogP contribution >= 0.6 is 0 Å². The number of hydrogen-bond donors (Lipinski definition) is 1. The lowest BCUT2D eigenvalue weighted by Crippen LogP contribution is -2.40. The Kier molecular flexibility index (Phi) is 6.25. The molecule has 0 bridgehead atoms. The molecule has 0 radical (unpaired) electrons. The van der Waals surface area contributed by atoms with Gasteiger partial charge in [0.1, 0.15) is 0 Å². The van der Waals surface area contributed by atoms with E-state index in [4.69, 9.17) is 0 Å². The van der Waals surface area contributed by atoms with E-state index in [1.807, 2.05) is 0 Å². The summed E-state index contributed by atoms with van der Waals surface area (Å²) in [6.07, 6.45) is 12.8. The molecule has 0 amide bonds. The molecule has 1 saturated heterocycles. The Hall–Kier alpha value is -0.0400. The van der Waals surface area contributed by atoms with E-state index in [9.17, 15) is 0 Å². The molecule has 84 valence electrons. The van der Waals surface area contributed by atoms with Gasteiger partial charge in [-0.3, -0.25) is 0 Å². The van der Waals surface area contributed by atoms with Crippen LogP contribution in [0.1, 0.15) is 71.6 Å². The minimum Gasteiger partial charge on any atom is -0.312 e. The van der Waals surface area contributed by atoms with Gasteiger partial charge in [-0.25, -0.2) is 0 Å². The van der Waals surface area contributed by atoms with Crippen LogP contribution in [-0.2, 0) is 0 Å². The Morgan fingerprint density at radius 2 is 1.86 bits per heavy atom. The lowest BCUT2D eigenvalue weighted by molar-refractivity contribution is 0.315. The fourth-order valence-corrected chi connectivity index (χ4v) is 2.46. The first-order valence-corrected chi connectivity index (χ1v) is 6.59. The topological polar surface area (TPSA) is 12.0 Å². The van der Waals surface area contributed by atoms with Crippen molar-refractivity contribution >= 4 is 0 Å². The molecule has 1 fully saturated rings. The summed E-state index contributed by atoms with van der Waals surface area (Å²) in [6.45, 7) is 4.60. The van der Waals surface area contributed by atoms with Gasteiger partial charge in [0.15, 0.2) is 0 Å². The van der Waals surface area contributed by atoms with Crippen LogP contribution in [0.3, 0.4) is 0 Å². The Labute approximate surface area is 89.7 Å². The maximum absolute atomic E-state index is 3.71. The average molecular weight is 197 g/mol. The van der Waals surface area contributed by atoms with Gasteiger partial charge in [-0.2, -0.15) is 0 Å². The molecule has 1 nitrogen and oxygen atoms in total. The molecular formula is C13H27N. The van der Waals surface area contributed by atoms with E-state index in [0.717, 1.165) is 12.1 Å². The molecule has 1 heteroatoms. The second kappa shape index (κ2) is 7.28. The zero-order valence-electron chi connectivity index (χ0n) is 10.0. The molecule has 0 aromatic heterocycles. The van der Waals surface area contributed by atoms with Gasteiger partial charge >= 0.3 is 0 Å². The molecule has 1 heterocycles. The Bertz CT molecular complexity index is 133. The van der Waals surface area contributed by atoms with Crippen molar-refractivity contribution in [2.45, 2.75) is 83.7 Å². The van der Waals surface area contributed by atoms with E-state index >= 15 is 0 Å². The van der Waals surface area contributed by atoms with Gasteiger partial charge in [0, 0.05) is 12.1 Å². The molecule has 0 saturated carbocycles. The fourth-order valence-electron chi connectivity index (χ4n) is 2.46. The lowest BCUT2D eigenvalue weighted by atomic mass is 9.95. The van der Waals surface area contributed by atoms with Crippen LogP contribution in [0.15, 0.2) is 0 Å². The molecule has 2 unspecified atom stereocenters. The summed E-state index contributed by atoms with van der Waals surface area (Å²) in [7, 11) is 0. The lowest BCUT2D eigenvalue weighted by Gasteiger charge is -2.28. The second-order valence-corrected chi connectivity index (χ2v) is 4.90. The van der Waals surface area contributed by atoms with E-state index in [2.05, 4.69) is 19.2 Å². The summed E-state index contributed by atoms with van der Waals surface area (Å²) in [5.74, 6) is 0. The number of rotatable bonds is 6. The highest BCUT2D eigenvalue weighted by Gasteiger charge is 2.16. The van der Waals surface area contributed by atoms with Crippen molar-refractivity contribution in [2.24, 2.45) is 0 Å². The van der Waals surface area contributed by atoms with Crippen molar-refractivity contribution in [3.05, 3.63) is 0 Å². The molecule has 1 rings (SSSR count). The standard InChI is InChI=1S/C13H27N/c1-3-4-5-6-7-10-13-11-8-9-12(2)14-13/h12-14H,3-11H2,1-2H3. The maximum atomic E-state index is 3.71. The van der Waals surface area contributed by atoms with Gasteiger partial charge in [0.2, 0.25) is 0 Å². The average Bonchev–Trinajstić information content (AvgIpc) is 2.18. The largest absolute Gasteiger partial charge is 0.312 e. The van der Waals surface area contributed by atoms with Crippen LogP contribution in [0.2, 0.25) is 0 Å². The molecular weight excluding hydrogens is 170 g/mol. The highest BCUT2D eigenvalue weighted by molar-refractivity contribution is 4.77. The zero-order valence-corrected chi connectivity index (χ0v) is 10.0. The summed E-state index contributed by atoms with van der Waals surface area (Å²) in [6, 6.07) is 1.60. The Balaban J connectivity index is 1.95. The van der Waals surface area contributed by atoms with Gasteiger partial charge in [-0.05, 0) is 26.2 Å². The first-order chi connectivity index (χ1) is 6.83. The maximum Gasteiger partial charge on any atom is 0.00695 e. The van der Waals surface area contributed by atoms with Crippen molar-refractivity contribution in [3.8, 4) is 0 Å². The molecule has 14 heavy (non-hydrogen) atoms. The molecule has 1 aliphatic rings. The molecule has 0 aromatic rings. The summed E-state index contributed by atoms with van der Waals surface area (Å²) in [4.78, 5) is 0. The number of piperidine rings is 1. The molecule has 0 aliphatic carbocycles. The number of unbranched alkanes of at least 4 members (excludes halogenated alkanes) is 4. The van der Waals surface area contributed by atoms with Gasteiger partial charge in [0.05, 0.1) is 0 Å². The van der Waals surface area contributed by atoms with Gasteiger partial charge < -0.3 is 5.32 Å². The van der Waals surface area contributed by atoms with Crippen LogP contribution in [0.5, 0.6) is 0 Å². The first-order valence-electron chi connectivity index (χ1n) is 6.59. The predicted molar refractivity (Wildman–Crippen MR) is 63.6 cm³/mol. The van der Waals surface area contributed by atoms with Crippen LogP contribution < -0.4 is 5.32 Å². The van der Waals surface area contributed by atoms with E-state index in [-0.39, 0.29) is 0 Å². The van der Waals surface area contributed by atoms with Crippen LogP contribution in [0.4, 0.5) is 0 Å². The molecule has 0 spiro atoms. The van der Waals surface area contributed by atoms with Crippen molar-refractivity contribution in [2.75, 3.05) is 0 Å². The van der Waals surface area contributed by atoms with Crippen molar-refractivity contribution < 1.29 is 0 Å². The van der Waals surface area contributed by atoms with Crippen LogP contribution in [-0.4, -0.2) is 12.1 Å². The molecule has 1 aliphatic heterocycles. The summed E-state index contributed by atoms with van der Waals surface area (Å²) >= 11 is 0. The monoisotopic (exact) mass is 197 g/mol. The third-order valence-corrected chi connectivity index (χ3v) is 3.37. The third-order valence-electron chi connectivity index (χ3n) is 3.37. The number of nitrogens with one attached hydrogen (secondary N) is 1. The minimum atomic E-state index is 0.768. The van der Waals surface area contributed by atoms with E-state index < -0.39 is 0 Å². The Morgan fingerprint density at radius 1 is 1.07 bits per heavy atom. The fraction of sp³-hybridized carbons (Fsp3) is 1.00. The molecule has 0 aromatic carbocycles. The molecule has 2 atom stereocenters. The quantitative estimate of drug-likeness (QED) is 0.637. The normalized spacial score (nSPS) is 27.9. The number of hydrogen-bond acceptors (Lipinski definition) is 1. The van der Waals surface area contributed by atoms with Gasteiger partial charge in [0.25, 0.3) is 0 Å². The smallest absolute Gasteiger partial charge is 0.00695 e.